The van der Waals surface area contributed by atoms with Crippen LogP contribution in [-0.4, -0.2) is 41.1 Å². The van der Waals surface area contributed by atoms with Gasteiger partial charge in [-0.3, -0.25) is 4.79 Å². The van der Waals surface area contributed by atoms with Crippen LogP contribution in [0.2, 0.25) is 5.02 Å². The second-order valence-electron chi connectivity index (χ2n) is 5.81. The SMILES string of the molecule is CNS(=O)(=O)c1ccc(Cl)c(C(=O)NCCCOCCc2ccccc2)c1. The van der Waals surface area contributed by atoms with Gasteiger partial charge in [0.2, 0.25) is 10.0 Å². The minimum atomic E-state index is -3.64. The maximum absolute atomic E-state index is 12.3. The molecule has 8 heteroatoms. The van der Waals surface area contributed by atoms with Crippen LogP contribution in [-0.2, 0) is 21.2 Å². The van der Waals surface area contributed by atoms with Gasteiger partial charge in [-0.25, -0.2) is 13.1 Å². The van der Waals surface area contributed by atoms with E-state index in [1.165, 1.54) is 30.8 Å². The minimum Gasteiger partial charge on any atom is -0.381 e. The summed E-state index contributed by atoms with van der Waals surface area (Å²) in [6, 6.07) is 14.1. The molecule has 0 fully saturated rings. The van der Waals surface area contributed by atoms with Crippen molar-refractivity contribution in [2.24, 2.45) is 0 Å². The summed E-state index contributed by atoms with van der Waals surface area (Å²) in [4.78, 5) is 12.2. The van der Waals surface area contributed by atoms with Crippen molar-refractivity contribution in [3.05, 3.63) is 64.7 Å². The van der Waals surface area contributed by atoms with Gasteiger partial charge in [-0.15, -0.1) is 0 Å². The number of halogens is 1. The number of carbonyl (C=O) groups excluding carboxylic acids is 1. The van der Waals surface area contributed by atoms with Crippen molar-refractivity contribution in [3.8, 4) is 0 Å². The molecule has 2 N–H and O–H groups in total. The number of amides is 1. The van der Waals surface area contributed by atoms with Crippen molar-refractivity contribution in [1.82, 2.24) is 10.0 Å². The maximum Gasteiger partial charge on any atom is 0.252 e. The number of hydrogen-bond donors (Lipinski definition) is 2. The van der Waals surface area contributed by atoms with E-state index in [0.29, 0.717) is 26.2 Å². The van der Waals surface area contributed by atoms with Gasteiger partial charge in [-0.2, -0.15) is 0 Å². The Bertz CT molecular complexity index is 857. The smallest absolute Gasteiger partial charge is 0.252 e. The highest BCUT2D eigenvalue weighted by Gasteiger charge is 2.17. The van der Waals surface area contributed by atoms with Crippen molar-refractivity contribution < 1.29 is 17.9 Å². The molecule has 0 unspecified atom stereocenters. The molecule has 0 aliphatic rings. The number of benzene rings is 2. The van der Waals surface area contributed by atoms with E-state index >= 15 is 0 Å². The van der Waals surface area contributed by atoms with E-state index in [4.69, 9.17) is 16.3 Å². The van der Waals surface area contributed by atoms with Crippen LogP contribution in [0.4, 0.5) is 0 Å². The number of nitrogens with one attached hydrogen (secondary N) is 2. The summed E-state index contributed by atoms with van der Waals surface area (Å²) < 4.78 is 31.5. The quantitative estimate of drug-likeness (QED) is 0.590. The summed E-state index contributed by atoms with van der Waals surface area (Å²) in [6.45, 7) is 1.55. The van der Waals surface area contributed by atoms with E-state index < -0.39 is 15.9 Å². The van der Waals surface area contributed by atoms with E-state index in [1.807, 2.05) is 18.2 Å². The van der Waals surface area contributed by atoms with Crippen LogP contribution < -0.4 is 10.0 Å². The predicted octanol–water partition coefficient (Wildman–Crippen LogP) is 2.63. The Hall–Kier alpha value is -1.93. The summed E-state index contributed by atoms with van der Waals surface area (Å²) >= 11 is 6.02. The average molecular weight is 411 g/mol. The first-order valence-electron chi connectivity index (χ1n) is 8.57. The monoisotopic (exact) mass is 410 g/mol. The Balaban J connectivity index is 1.75. The molecular formula is C19H23ClN2O4S. The van der Waals surface area contributed by atoms with E-state index in [-0.39, 0.29) is 15.5 Å². The van der Waals surface area contributed by atoms with E-state index in [2.05, 4.69) is 22.2 Å². The van der Waals surface area contributed by atoms with Gasteiger partial charge in [0.15, 0.2) is 0 Å². The summed E-state index contributed by atoms with van der Waals surface area (Å²) in [5.41, 5.74) is 1.34. The Morgan fingerprint density at radius 3 is 2.56 bits per heavy atom. The van der Waals surface area contributed by atoms with E-state index in [0.717, 1.165) is 6.42 Å². The first kappa shape index (κ1) is 21.4. The van der Waals surface area contributed by atoms with Crippen LogP contribution in [0.1, 0.15) is 22.3 Å². The lowest BCUT2D eigenvalue weighted by molar-refractivity contribution is 0.0942. The van der Waals surface area contributed by atoms with Crippen LogP contribution in [0.5, 0.6) is 0 Å². The molecule has 6 nitrogen and oxygen atoms in total. The minimum absolute atomic E-state index is 0.0104. The number of sulfonamides is 1. The third kappa shape index (κ3) is 6.62. The molecule has 146 valence electrons. The lowest BCUT2D eigenvalue weighted by atomic mass is 10.2. The molecule has 0 aliphatic heterocycles. The summed E-state index contributed by atoms with van der Waals surface area (Å²) in [6.07, 6.45) is 1.49. The second-order valence-corrected chi connectivity index (χ2v) is 8.10. The molecule has 0 saturated carbocycles. The fourth-order valence-electron chi connectivity index (χ4n) is 2.37. The molecule has 0 atom stereocenters. The van der Waals surface area contributed by atoms with Crippen molar-refractivity contribution in [2.45, 2.75) is 17.7 Å². The highest BCUT2D eigenvalue weighted by atomic mass is 35.5. The van der Waals surface area contributed by atoms with Crippen LogP contribution in [0.15, 0.2) is 53.4 Å². The molecule has 0 aromatic heterocycles. The van der Waals surface area contributed by atoms with Crippen LogP contribution >= 0.6 is 11.6 Å². The highest BCUT2D eigenvalue weighted by Crippen LogP contribution is 2.20. The molecule has 0 aliphatic carbocycles. The van der Waals surface area contributed by atoms with E-state index in [1.54, 1.807) is 0 Å². The van der Waals surface area contributed by atoms with Crippen molar-refractivity contribution >= 4 is 27.5 Å². The topological polar surface area (TPSA) is 84.5 Å². The third-order valence-corrected chi connectivity index (χ3v) is 5.63. The molecule has 0 heterocycles. The molecule has 27 heavy (non-hydrogen) atoms. The lowest BCUT2D eigenvalue weighted by Crippen LogP contribution is -2.26. The number of ether oxygens (including phenoxy) is 1. The fraction of sp³-hybridized carbons (Fsp3) is 0.316. The van der Waals surface area contributed by atoms with Crippen LogP contribution in [0.25, 0.3) is 0 Å². The van der Waals surface area contributed by atoms with Gasteiger partial charge in [-0.1, -0.05) is 41.9 Å². The second kappa shape index (κ2) is 10.4. The van der Waals surface area contributed by atoms with Crippen molar-refractivity contribution in [2.75, 3.05) is 26.8 Å². The molecule has 0 saturated heterocycles. The summed E-state index contributed by atoms with van der Waals surface area (Å²) in [7, 11) is -2.33. The molecule has 0 bridgehead atoms. The van der Waals surface area contributed by atoms with Crippen molar-refractivity contribution in [1.29, 1.82) is 0 Å². The molecule has 2 aromatic rings. The van der Waals surface area contributed by atoms with Gasteiger partial charge in [0, 0.05) is 13.2 Å². The fourth-order valence-corrected chi connectivity index (χ4v) is 3.33. The molecule has 2 rings (SSSR count). The highest BCUT2D eigenvalue weighted by molar-refractivity contribution is 7.89. The number of hydrogen-bond acceptors (Lipinski definition) is 4. The molecule has 2 aromatic carbocycles. The van der Waals surface area contributed by atoms with Crippen molar-refractivity contribution in [3.63, 3.8) is 0 Å². The van der Waals surface area contributed by atoms with Crippen LogP contribution in [0.3, 0.4) is 0 Å². The Labute approximate surface area is 164 Å². The normalized spacial score (nSPS) is 11.3. The summed E-state index contributed by atoms with van der Waals surface area (Å²) in [5.74, 6) is -0.419. The standard InChI is InChI=1S/C19H23ClN2O4S/c1-21-27(24,25)16-8-9-18(20)17(14-16)19(23)22-11-5-12-26-13-10-15-6-3-2-4-7-15/h2-4,6-9,14,21H,5,10-13H2,1H3,(H,22,23). The number of carbonyl (C=O) groups is 1. The zero-order valence-corrected chi connectivity index (χ0v) is 16.6. The maximum atomic E-state index is 12.3. The van der Waals surface area contributed by atoms with Gasteiger partial charge in [-0.05, 0) is 43.7 Å². The van der Waals surface area contributed by atoms with Crippen LogP contribution in [0, 0.1) is 0 Å². The Kier molecular flexibility index (Phi) is 8.24. The third-order valence-electron chi connectivity index (χ3n) is 3.89. The molecule has 0 spiro atoms. The molecular weight excluding hydrogens is 388 g/mol. The Morgan fingerprint density at radius 2 is 1.85 bits per heavy atom. The average Bonchev–Trinajstić information content (AvgIpc) is 2.68. The Morgan fingerprint density at radius 1 is 1.11 bits per heavy atom. The zero-order valence-electron chi connectivity index (χ0n) is 15.1. The lowest BCUT2D eigenvalue weighted by Gasteiger charge is -2.09. The molecule has 0 radical (unpaired) electrons. The van der Waals surface area contributed by atoms with Gasteiger partial charge < -0.3 is 10.1 Å². The number of rotatable bonds is 10. The zero-order chi connectivity index (χ0) is 19.7. The largest absolute Gasteiger partial charge is 0.381 e. The molecule has 1 amide bonds. The predicted molar refractivity (Wildman–Crippen MR) is 106 cm³/mol. The van der Waals surface area contributed by atoms with Gasteiger partial charge in [0.1, 0.15) is 0 Å². The first-order chi connectivity index (χ1) is 12.9. The summed E-state index contributed by atoms with van der Waals surface area (Å²) in [5, 5.41) is 2.92. The first-order valence-corrected chi connectivity index (χ1v) is 10.4. The van der Waals surface area contributed by atoms with Gasteiger partial charge in [0.05, 0.1) is 22.1 Å². The van der Waals surface area contributed by atoms with Gasteiger partial charge >= 0.3 is 0 Å². The van der Waals surface area contributed by atoms with E-state index in [9.17, 15) is 13.2 Å². The van der Waals surface area contributed by atoms with Gasteiger partial charge in [0.25, 0.3) is 5.91 Å².